The van der Waals surface area contributed by atoms with Gasteiger partial charge in [-0.1, -0.05) is 268 Å². The van der Waals surface area contributed by atoms with E-state index in [1.807, 2.05) is 0 Å². The molecule has 0 aromatic heterocycles. The van der Waals surface area contributed by atoms with Gasteiger partial charge in [0.1, 0.15) is 6.61 Å². The van der Waals surface area contributed by atoms with Crippen LogP contribution >= 0.6 is 0 Å². The van der Waals surface area contributed by atoms with Gasteiger partial charge in [-0.05, 0) is 122 Å². The highest BCUT2D eigenvalue weighted by molar-refractivity contribution is 5.70. The first-order valence-electron chi connectivity index (χ1n) is 30.0. The van der Waals surface area contributed by atoms with Gasteiger partial charge in [-0.25, -0.2) is 0 Å². The zero-order valence-electron chi connectivity index (χ0n) is 47.5. The van der Waals surface area contributed by atoms with Crippen LogP contribution in [0.3, 0.4) is 0 Å². The third-order valence-corrected chi connectivity index (χ3v) is 12.3. The summed E-state index contributed by atoms with van der Waals surface area (Å²) in [6.45, 7) is 3.90. The largest absolute Gasteiger partial charge is 0.462 e. The van der Waals surface area contributed by atoms with E-state index in [1.165, 1.54) is 89.9 Å². The van der Waals surface area contributed by atoms with Crippen molar-refractivity contribution in [3.63, 3.8) is 0 Å². The van der Waals surface area contributed by atoms with E-state index in [2.05, 4.69) is 172 Å². The van der Waals surface area contributed by atoms with Gasteiger partial charge < -0.3 is 14.6 Å². The quantitative estimate of drug-likeness (QED) is 0.0373. The molecule has 0 fully saturated rings. The molecule has 0 aromatic rings. The molecule has 0 bridgehead atoms. The number of rotatable bonds is 53. The van der Waals surface area contributed by atoms with E-state index in [0.29, 0.717) is 12.8 Å². The van der Waals surface area contributed by atoms with E-state index in [-0.39, 0.29) is 25.2 Å². The van der Waals surface area contributed by atoms with Gasteiger partial charge in [-0.15, -0.1) is 0 Å². The average molecular weight is 1020 g/mol. The number of ether oxygens (including phenoxy) is 2. The summed E-state index contributed by atoms with van der Waals surface area (Å²) in [5, 5.41) is 9.66. The van der Waals surface area contributed by atoms with Gasteiger partial charge in [-0.2, -0.15) is 0 Å². The van der Waals surface area contributed by atoms with Gasteiger partial charge in [0.2, 0.25) is 0 Å². The Labute approximate surface area is 456 Å². The molecule has 0 aliphatic heterocycles. The molecule has 74 heavy (non-hydrogen) atoms. The summed E-state index contributed by atoms with van der Waals surface area (Å²) in [7, 11) is 0. The molecule has 0 saturated heterocycles. The first-order valence-corrected chi connectivity index (χ1v) is 30.0. The maximum absolute atomic E-state index is 12.3. The van der Waals surface area contributed by atoms with E-state index >= 15 is 0 Å². The Morgan fingerprint density at radius 1 is 0.311 bits per heavy atom. The predicted octanol–water partition coefficient (Wildman–Crippen LogP) is 20.7. The summed E-state index contributed by atoms with van der Waals surface area (Å²) in [6, 6.07) is 0. The monoisotopic (exact) mass is 1020 g/mol. The van der Waals surface area contributed by atoms with Crippen molar-refractivity contribution < 1.29 is 24.2 Å². The Hall–Kier alpha value is -4.48. The lowest BCUT2D eigenvalue weighted by Crippen LogP contribution is -2.28. The topological polar surface area (TPSA) is 72.8 Å². The number of carbonyl (C=O) groups excluding carboxylic acids is 2. The number of hydrogen-bond acceptors (Lipinski definition) is 5. The molecule has 0 amide bonds. The van der Waals surface area contributed by atoms with Crippen LogP contribution in [0.15, 0.2) is 158 Å². The minimum Gasteiger partial charge on any atom is -0.462 e. The van der Waals surface area contributed by atoms with Crippen molar-refractivity contribution in [3.05, 3.63) is 158 Å². The summed E-state index contributed by atoms with van der Waals surface area (Å²) in [5.74, 6) is -0.615. The summed E-state index contributed by atoms with van der Waals surface area (Å²) < 4.78 is 10.7. The Morgan fingerprint density at radius 2 is 0.541 bits per heavy atom. The maximum Gasteiger partial charge on any atom is 0.306 e. The summed E-state index contributed by atoms with van der Waals surface area (Å²) >= 11 is 0. The number of unbranched alkanes of at least 4 members (excludes halogenated alkanes) is 19. The fraction of sp³-hybridized carbons (Fsp3) is 0.594. The summed E-state index contributed by atoms with van der Waals surface area (Å²) in [5.41, 5.74) is 0. The molecule has 5 nitrogen and oxygen atoms in total. The Morgan fingerprint density at radius 3 is 0.811 bits per heavy atom. The molecule has 1 atom stereocenters. The Balaban J connectivity index is 3.56. The highest BCUT2D eigenvalue weighted by Crippen LogP contribution is 2.15. The standard InChI is InChI=1S/C69H110O5/c1-3-5-7-9-11-13-15-17-19-21-23-24-25-26-27-28-29-30-31-32-33-34-35-36-37-38-39-40-41-42-43-44-46-48-50-52-54-56-58-60-62-64-69(72)74-67(65-70)66-73-68(71)63-61-59-57-55-53-51-49-47-45-22-20-18-16-14-12-10-8-6-4-2/h5-8,11-14,17-20,23-24,26-27,29-30,32-33,35-36,38-39,45,47,67,70H,3-4,9-10,15-16,21-22,25,28,31,34,37,40-44,46,48-66H2,1-2H3/b7-5-,8-6-,13-11-,14-12-,19-17-,20-18-,24-23-,27-26-,30-29-,33-32-,36-35-,39-38-,47-45-. The fourth-order valence-corrected chi connectivity index (χ4v) is 7.89. The second-order valence-electron chi connectivity index (χ2n) is 19.3. The van der Waals surface area contributed by atoms with Crippen molar-refractivity contribution in [1.82, 2.24) is 0 Å². The molecule has 416 valence electrons. The highest BCUT2D eigenvalue weighted by atomic mass is 16.6. The molecule has 1 unspecified atom stereocenters. The van der Waals surface area contributed by atoms with Crippen molar-refractivity contribution in [2.45, 2.75) is 251 Å². The molecule has 0 spiro atoms. The van der Waals surface area contributed by atoms with Crippen LogP contribution in [0, 0.1) is 0 Å². The lowest BCUT2D eigenvalue weighted by Gasteiger charge is -2.15. The van der Waals surface area contributed by atoms with Crippen LogP contribution in [0.4, 0.5) is 0 Å². The van der Waals surface area contributed by atoms with E-state index in [0.717, 1.165) is 128 Å². The van der Waals surface area contributed by atoms with Gasteiger partial charge in [-0.3, -0.25) is 9.59 Å². The molecule has 0 aliphatic rings. The van der Waals surface area contributed by atoms with E-state index in [9.17, 15) is 14.7 Å². The van der Waals surface area contributed by atoms with Crippen LogP contribution in [0.1, 0.15) is 245 Å². The second kappa shape index (κ2) is 62.8. The van der Waals surface area contributed by atoms with Crippen LogP contribution in [-0.2, 0) is 19.1 Å². The maximum atomic E-state index is 12.3. The van der Waals surface area contributed by atoms with E-state index in [4.69, 9.17) is 9.47 Å². The molecule has 0 rings (SSSR count). The number of allylic oxidation sites excluding steroid dienone is 26. The van der Waals surface area contributed by atoms with Gasteiger partial charge in [0.25, 0.3) is 0 Å². The smallest absolute Gasteiger partial charge is 0.306 e. The fourth-order valence-electron chi connectivity index (χ4n) is 7.89. The summed E-state index contributed by atoms with van der Waals surface area (Å²) in [4.78, 5) is 24.5. The molecular weight excluding hydrogens is 909 g/mol. The molecule has 0 radical (unpaired) electrons. The summed E-state index contributed by atoms with van der Waals surface area (Å²) in [6.07, 6.45) is 96.5. The first-order chi connectivity index (χ1) is 36.6. The molecule has 0 heterocycles. The molecule has 0 aromatic carbocycles. The number of hydrogen-bond donors (Lipinski definition) is 1. The lowest BCUT2D eigenvalue weighted by atomic mass is 10.0. The second-order valence-corrected chi connectivity index (χ2v) is 19.3. The number of carbonyl (C=O) groups is 2. The van der Waals surface area contributed by atoms with Crippen LogP contribution < -0.4 is 0 Å². The average Bonchev–Trinajstić information content (AvgIpc) is 3.40. The normalized spacial score (nSPS) is 13.4. The SMILES string of the molecule is CC/C=C\C/C=C\C/C=C\C/C=C\C/C=C\C/C=C\C/C=C\C/C=C\C/C=C\CCCCCCCCCCCCCCCC(=O)OC(CO)COC(=O)CCCCCCCC/C=C\C/C=C\C/C=C\C/C=C\CC. The molecular formula is C69H110O5. The number of aliphatic hydroxyl groups is 1. The highest BCUT2D eigenvalue weighted by Gasteiger charge is 2.16. The van der Waals surface area contributed by atoms with Crippen molar-refractivity contribution in [1.29, 1.82) is 0 Å². The number of aliphatic hydroxyl groups excluding tert-OH is 1. The van der Waals surface area contributed by atoms with Crippen molar-refractivity contribution in [3.8, 4) is 0 Å². The lowest BCUT2D eigenvalue weighted by molar-refractivity contribution is -0.161. The number of esters is 2. The molecule has 5 heteroatoms. The minimum atomic E-state index is -0.790. The minimum absolute atomic E-state index is 0.0816. The van der Waals surface area contributed by atoms with Crippen LogP contribution in [0.5, 0.6) is 0 Å². The Bertz CT molecular complexity index is 1620. The van der Waals surface area contributed by atoms with Crippen LogP contribution in [0.2, 0.25) is 0 Å². The third-order valence-electron chi connectivity index (χ3n) is 12.3. The van der Waals surface area contributed by atoms with Gasteiger partial charge in [0, 0.05) is 12.8 Å². The zero-order valence-corrected chi connectivity index (χ0v) is 47.5. The van der Waals surface area contributed by atoms with Crippen LogP contribution in [0.25, 0.3) is 0 Å². The van der Waals surface area contributed by atoms with E-state index in [1.54, 1.807) is 0 Å². The molecule has 0 aliphatic carbocycles. The zero-order chi connectivity index (χ0) is 53.4. The third kappa shape index (κ3) is 60.1. The van der Waals surface area contributed by atoms with E-state index < -0.39 is 6.10 Å². The van der Waals surface area contributed by atoms with Gasteiger partial charge >= 0.3 is 11.9 Å². The molecule has 1 N–H and O–H groups in total. The predicted molar refractivity (Wildman–Crippen MR) is 324 cm³/mol. The molecule has 0 saturated carbocycles. The van der Waals surface area contributed by atoms with Crippen molar-refractivity contribution in [2.24, 2.45) is 0 Å². The Kier molecular flexibility index (Phi) is 59.0. The van der Waals surface area contributed by atoms with Crippen molar-refractivity contribution in [2.75, 3.05) is 13.2 Å². The van der Waals surface area contributed by atoms with Gasteiger partial charge in [0.05, 0.1) is 6.61 Å². The van der Waals surface area contributed by atoms with Crippen LogP contribution in [-0.4, -0.2) is 36.4 Å². The first kappa shape index (κ1) is 69.5. The van der Waals surface area contributed by atoms with Gasteiger partial charge in [0.15, 0.2) is 6.10 Å². The van der Waals surface area contributed by atoms with Crippen molar-refractivity contribution >= 4 is 11.9 Å².